The minimum atomic E-state index is 1.04. The normalized spacial score (nSPS) is 10.4. The van der Waals surface area contributed by atoms with Crippen LogP contribution in [0.25, 0.3) is 11.3 Å². The van der Waals surface area contributed by atoms with Crippen LogP contribution in [0.5, 0.6) is 0 Å². The van der Waals surface area contributed by atoms with Gasteiger partial charge in [0.2, 0.25) is 0 Å². The Morgan fingerprint density at radius 3 is 2.86 bits per heavy atom. The van der Waals surface area contributed by atoms with Gasteiger partial charge in [0.15, 0.2) is 0 Å². The van der Waals surface area contributed by atoms with Crippen LogP contribution in [0.1, 0.15) is 11.8 Å². The lowest BCUT2D eigenvalue weighted by atomic mass is 10.1. The molecule has 0 spiro atoms. The van der Waals surface area contributed by atoms with E-state index in [-0.39, 0.29) is 0 Å². The summed E-state index contributed by atoms with van der Waals surface area (Å²) in [6.07, 6.45) is 1.04. The Hall–Kier alpha value is -0.670. The molecule has 2 rings (SSSR count). The molecule has 0 N–H and O–H groups in total. The minimum Gasteiger partial charge on any atom is -0.244 e. The molecule has 0 aliphatic heterocycles. The van der Waals surface area contributed by atoms with Gasteiger partial charge in [0.1, 0.15) is 0 Å². The highest BCUT2D eigenvalue weighted by Crippen LogP contribution is 2.31. The van der Waals surface area contributed by atoms with Crippen molar-refractivity contribution in [1.29, 1.82) is 0 Å². The quantitative estimate of drug-likeness (QED) is 0.797. The fourth-order valence-electron chi connectivity index (χ4n) is 1.39. The molecule has 72 valence electrons. The summed E-state index contributed by atoms with van der Waals surface area (Å²) in [6, 6.07) is 8.21. The molecule has 2 aromatic rings. The molecule has 3 heteroatoms. The standard InChI is InChI=1S/C11H10BrNS/c1-2-10-11(13-7-14-10)8-5-3-4-6-9(8)12/h3-7H,2H2,1H3. The van der Waals surface area contributed by atoms with E-state index in [1.54, 1.807) is 11.3 Å². The first-order chi connectivity index (χ1) is 6.83. The third-order valence-corrected chi connectivity index (χ3v) is 3.76. The molecule has 1 aromatic heterocycles. The molecule has 0 fully saturated rings. The van der Waals surface area contributed by atoms with Gasteiger partial charge in [-0.25, -0.2) is 4.98 Å². The minimum absolute atomic E-state index is 1.04. The third-order valence-electron chi connectivity index (χ3n) is 2.09. The SMILES string of the molecule is CCc1scnc1-c1ccccc1Br. The Bertz CT molecular complexity index is 436. The molecule has 1 nitrogen and oxygen atoms in total. The molecule has 0 amide bonds. The second-order valence-electron chi connectivity index (χ2n) is 2.96. The van der Waals surface area contributed by atoms with Crippen molar-refractivity contribution in [3.63, 3.8) is 0 Å². The summed E-state index contributed by atoms with van der Waals surface area (Å²) < 4.78 is 1.11. The maximum absolute atomic E-state index is 4.41. The number of benzene rings is 1. The molecule has 0 atom stereocenters. The molecule has 0 unspecified atom stereocenters. The average molecular weight is 268 g/mol. The topological polar surface area (TPSA) is 12.9 Å². The van der Waals surface area contributed by atoms with Crippen molar-refractivity contribution in [1.82, 2.24) is 4.98 Å². The van der Waals surface area contributed by atoms with Crippen molar-refractivity contribution in [3.05, 3.63) is 39.1 Å². The Morgan fingerprint density at radius 1 is 1.36 bits per heavy atom. The van der Waals surface area contributed by atoms with E-state index >= 15 is 0 Å². The first-order valence-corrected chi connectivity index (χ1v) is 6.17. The van der Waals surface area contributed by atoms with Gasteiger partial charge in [0.05, 0.1) is 11.2 Å². The molecule has 1 heterocycles. The molecular formula is C11H10BrNS. The number of aryl methyl sites for hydroxylation is 1. The highest BCUT2D eigenvalue weighted by atomic mass is 79.9. The van der Waals surface area contributed by atoms with E-state index in [1.807, 2.05) is 23.7 Å². The Kier molecular flexibility index (Phi) is 2.99. The van der Waals surface area contributed by atoms with Crippen LogP contribution in [-0.4, -0.2) is 4.98 Å². The molecule has 0 radical (unpaired) electrons. The van der Waals surface area contributed by atoms with E-state index < -0.39 is 0 Å². The van der Waals surface area contributed by atoms with Crippen molar-refractivity contribution in [3.8, 4) is 11.3 Å². The van der Waals surface area contributed by atoms with Gasteiger partial charge in [-0.2, -0.15) is 0 Å². The van der Waals surface area contributed by atoms with Crippen LogP contribution in [0.15, 0.2) is 34.2 Å². The molecule has 0 bridgehead atoms. The number of rotatable bonds is 2. The van der Waals surface area contributed by atoms with Crippen LogP contribution in [0.2, 0.25) is 0 Å². The summed E-state index contributed by atoms with van der Waals surface area (Å²) in [5, 5.41) is 0. The van der Waals surface area contributed by atoms with Gasteiger partial charge in [-0.15, -0.1) is 11.3 Å². The van der Waals surface area contributed by atoms with Gasteiger partial charge in [0.25, 0.3) is 0 Å². The van der Waals surface area contributed by atoms with E-state index in [9.17, 15) is 0 Å². The lowest BCUT2D eigenvalue weighted by Gasteiger charge is -2.02. The van der Waals surface area contributed by atoms with Crippen LogP contribution < -0.4 is 0 Å². The molecule has 0 aliphatic rings. The van der Waals surface area contributed by atoms with Crippen molar-refractivity contribution in [2.75, 3.05) is 0 Å². The molecule has 1 aromatic carbocycles. The second-order valence-corrected chi connectivity index (χ2v) is 4.75. The van der Waals surface area contributed by atoms with Gasteiger partial charge in [0, 0.05) is 14.9 Å². The lowest BCUT2D eigenvalue weighted by molar-refractivity contribution is 1.17. The first kappa shape index (κ1) is 9.87. The fourth-order valence-corrected chi connectivity index (χ4v) is 2.59. The highest BCUT2D eigenvalue weighted by molar-refractivity contribution is 9.10. The zero-order chi connectivity index (χ0) is 9.97. The van der Waals surface area contributed by atoms with Crippen molar-refractivity contribution >= 4 is 27.3 Å². The second kappa shape index (κ2) is 4.24. The molecular weight excluding hydrogens is 258 g/mol. The van der Waals surface area contributed by atoms with E-state index in [4.69, 9.17) is 0 Å². The van der Waals surface area contributed by atoms with Crippen LogP contribution in [0, 0.1) is 0 Å². The fraction of sp³-hybridized carbons (Fsp3) is 0.182. The smallest absolute Gasteiger partial charge is 0.0854 e. The van der Waals surface area contributed by atoms with Crippen molar-refractivity contribution in [2.24, 2.45) is 0 Å². The Morgan fingerprint density at radius 2 is 2.14 bits per heavy atom. The first-order valence-electron chi connectivity index (χ1n) is 4.50. The molecule has 14 heavy (non-hydrogen) atoms. The van der Waals surface area contributed by atoms with Crippen molar-refractivity contribution < 1.29 is 0 Å². The van der Waals surface area contributed by atoms with Crippen molar-refractivity contribution in [2.45, 2.75) is 13.3 Å². The summed E-state index contributed by atoms with van der Waals surface area (Å²) in [7, 11) is 0. The number of hydrogen-bond acceptors (Lipinski definition) is 2. The van der Waals surface area contributed by atoms with Gasteiger partial charge in [-0.3, -0.25) is 0 Å². The summed E-state index contributed by atoms with van der Waals surface area (Å²) in [5.74, 6) is 0. The Labute approximate surface area is 95.9 Å². The van der Waals surface area contributed by atoms with E-state index in [2.05, 4.69) is 33.9 Å². The van der Waals surface area contributed by atoms with E-state index in [1.165, 1.54) is 10.4 Å². The maximum Gasteiger partial charge on any atom is 0.0854 e. The van der Waals surface area contributed by atoms with Crippen LogP contribution in [-0.2, 0) is 6.42 Å². The third kappa shape index (κ3) is 1.74. The van der Waals surface area contributed by atoms with Gasteiger partial charge < -0.3 is 0 Å². The summed E-state index contributed by atoms with van der Waals surface area (Å²) in [5.41, 5.74) is 4.21. The summed E-state index contributed by atoms with van der Waals surface area (Å²) >= 11 is 5.27. The lowest BCUT2D eigenvalue weighted by Crippen LogP contribution is -1.84. The van der Waals surface area contributed by atoms with Gasteiger partial charge in [-0.1, -0.05) is 41.1 Å². The number of hydrogen-bond donors (Lipinski definition) is 0. The van der Waals surface area contributed by atoms with E-state index in [0.717, 1.165) is 16.6 Å². The largest absolute Gasteiger partial charge is 0.244 e. The van der Waals surface area contributed by atoms with Crippen LogP contribution >= 0.6 is 27.3 Å². The van der Waals surface area contributed by atoms with Crippen LogP contribution in [0.3, 0.4) is 0 Å². The summed E-state index contributed by atoms with van der Waals surface area (Å²) in [6.45, 7) is 2.16. The Balaban J connectivity index is 2.54. The van der Waals surface area contributed by atoms with Gasteiger partial charge >= 0.3 is 0 Å². The molecule has 0 saturated heterocycles. The average Bonchev–Trinajstić information content (AvgIpc) is 2.66. The van der Waals surface area contributed by atoms with Gasteiger partial charge in [-0.05, 0) is 12.5 Å². The molecule has 0 saturated carbocycles. The summed E-state index contributed by atoms with van der Waals surface area (Å²) in [4.78, 5) is 5.75. The predicted octanol–water partition coefficient (Wildman–Crippen LogP) is 4.14. The zero-order valence-electron chi connectivity index (χ0n) is 7.83. The number of aromatic nitrogens is 1. The monoisotopic (exact) mass is 267 g/mol. The van der Waals surface area contributed by atoms with E-state index in [0.29, 0.717) is 0 Å². The predicted molar refractivity (Wildman–Crippen MR) is 64.6 cm³/mol. The highest BCUT2D eigenvalue weighted by Gasteiger charge is 2.09. The molecule has 0 aliphatic carbocycles. The maximum atomic E-state index is 4.41. The number of nitrogens with zero attached hydrogens (tertiary/aromatic N) is 1. The number of thiazole rings is 1. The van der Waals surface area contributed by atoms with Crippen LogP contribution in [0.4, 0.5) is 0 Å². The number of halogens is 1. The zero-order valence-corrected chi connectivity index (χ0v) is 10.2.